The summed E-state index contributed by atoms with van der Waals surface area (Å²) in [6.07, 6.45) is 5.60. The number of rotatable bonds is 5. The smallest absolute Gasteiger partial charge is 0.242 e. The standard InChI is InChI=1S/C22H28N4O3.ClH/c27-20-9-12-25(19-8-2-1-6-17(19)20)15-21(28)26-11-4-5-16(14-26)13-24-22(29)18-7-3-10-23-18;/h1-2,6,8-9,12,16,18,23H,3-5,7,10-11,13-15H2,(H,24,29);1H. The molecule has 2 aromatic rings. The third-order valence-electron chi connectivity index (χ3n) is 6.00. The van der Waals surface area contributed by atoms with E-state index in [0.717, 1.165) is 44.3 Å². The average molecular weight is 433 g/mol. The first kappa shape index (κ1) is 22.3. The van der Waals surface area contributed by atoms with E-state index in [-0.39, 0.29) is 48.2 Å². The lowest BCUT2D eigenvalue weighted by Gasteiger charge is -2.33. The number of hydrogen-bond donors (Lipinski definition) is 2. The van der Waals surface area contributed by atoms with Gasteiger partial charge in [0.15, 0.2) is 5.43 Å². The molecule has 2 aliphatic heterocycles. The molecule has 0 spiro atoms. The summed E-state index contributed by atoms with van der Waals surface area (Å²) >= 11 is 0. The Labute approximate surface area is 182 Å². The van der Waals surface area contributed by atoms with Crippen molar-refractivity contribution in [3.8, 4) is 0 Å². The van der Waals surface area contributed by atoms with Gasteiger partial charge in [-0.1, -0.05) is 12.1 Å². The van der Waals surface area contributed by atoms with Crippen molar-refractivity contribution in [3.05, 3.63) is 46.8 Å². The Morgan fingerprint density at radius 3 is 2.77 bits per heavy atom. The Kier molecular flexibility index (Phi) is 7.50. The molecular formula is C22H29ClN4O3. The van der Waals surface area contributed by atoms with Crippen LogP contribution in [0.4, 0.5) is 0 Å². The summed E-state index contributed by atoms with van der Waals surface area (Å²) in [6.45, 7) is 3.14. The van der Waals surface area contributed by atoms with Gasteiger partial charge in [0.25, 0.3) is 0 Å². The quantitative estimate of drug-likeness (QED) is 0.750. The number of carbonyl (C=O) groups excluding carboxylic acids is 2. The predicted molar refractivity (Wildman–Crippen MR) is 119 cm³/mol. The Bertz CT molecular complexity index is 955. The molecule has 7 nitrogen and oxygen atoms in total. The zero-order valence-electron chi connectivity index (χ0n) is 17.0. The Balaban J connectivity index is 0.00000256. The molecule has 8 heteroatoms. The van der Waals surface area contributed by atoms with Gasteiger partial charge in [-0.05, 0) is 50.3 Å². The summed E-state index contributed by atoms with van der Waals surface area (Å²) in [5, 5.41) is 6.90. The summed E-state index contributed by atoms with van der Waals surface area (Å²) in [7, 11) is 0. The van der Waals surface area contributed by atoms with Crippen LogP contribution in [-0.2, 0) is 16.1 Å². The minimum Gasteiger partial charge on any atom is -0.354 e. The maximum atomic E-state index is 12.9. The summed E-state index contributed by atoms with van der Waals surface area (Å²) in [5.41, 5.74) is 0.744. The van der Waals surface area contributed by atoms with Gasteiger partial charge in [0, 0.05) is 37.3 Å². The number of hydrogen-bond acceptors (Lipinski definition) is 4. The molecule has 0 saturated carbocycles. The van der Waals surface area contributed by atoms with Crippen molar-refractivity contribution in [1.29, 1.82) is 0 Å². The lowest BCUT2D eigenvalue weighted by molar-refractivity contribution is -0.133. The molecule has 30 heavy (non-hydrogen) atoms. The summed E-state index contributed by atoms with van der Waals surface area (Å²) in [5.74, 6) is 0.404. The number of halogens is 1. The van der Waals surface area contributed by atoms with Gasteiger partial charge in [-0.3, -0.25) is 14.4 Å². The fourth-order valence-electron chi connectivity index (χ4n) is 4.38. The first-order valence-corrected chi connectivity index (χ1v) is 10.5. The third-order valence-corrected chi connectivity index (χ3v) is 6.00. The molecule has 2 fully saturated rings. The number of nitrogens with one attached hydrogen (secondary N) is 2. The first-order valence-electron chi connectivity index (χ1n) is 10.5. The molecule has 2 atom stereocenters. The van der Waals surface area contributed by atoms with E-state index in [1.165, 1.54) is 6.07 Å². The van der Waals surface area contributed by atoms with E-state index < -0.39 is 0 Å². The summed E-state index contributed by atoms with van der Waals surface area (Å²) < 4.78 is 1.84. The van der Waals surface area contributed by atoms with E-state index in [2.05, 4.69) is 10.6 Å². The van der Waals surface area contributed by atoms with E-state index in [1.54, 1.807) is 12.3 Å². The van der Waals surface area contributed by atoms with Crippen molar-refractivity contribution in [2.75, 3.05) is 26.2 Å². The van der Waals surface area contributed by atoms with Crippen LogP contribution in [0.2, 0.25) is 0 Å². The molecule has 2 aliphatic rings. The second kappa shape index (κ2) is 10.1. The maximum absolute atomic E-state index is 12.9. The van der Waals surface area contributed by atoms with Gasteiger partial charge < -0.3 is 20.1 Å². The van der Waals surface area contributed by atoms with Crippen molar-refractivity contribution < 1.29 is 9.59 Å². The van der Waals surface area contributed by atoms with E-state index in [4.69, 9.17) is 0 Å². The summed E-state index contributed by atoms with van der Waals surface area (Å²) in [4.78, 5) is 39.1. The molecule has 1 aromatic heterocycles. The Hall–Kier alpha value is -2.38. The zero-order chi connectivity index (χ0) is 20.2. The molecular weight excluding hydrogens is 404 g/mol. The van der Waals surface area contributed by atoms with Crippen LogP contribution in [0.1, 0.15) is 25.7 Å². The number of benzene rings is 1. The van der Waals surface area contributed by atoms with Gasteiger partial charge >= 0.3 is 0 Å². The van der Waals surface area contributed by atoms with E-state index in [1.807, 2.05) is 27.7 Å². The number of pyridine rings is 1. The number of aromatic nitrogens is 1. The highest BCUT2D eigenvalue weighted by Gasteiger charge is 2.26. The first-order chi connectivity index (χ1) is 14.1. The average Bonchev–Trinajstić information content (AvgIpc) is 3.29. The van der Waals surface area contributed by atoms with Crippen LogP contribution in [-0.4, -0.2) is 53.5 Å². The maximum Gasteiger partial charge on any atom is 0.242 e. The van der Waals surface area contributed by atoms with Crippen molar-refractivity contribution in [3.63, 3.8) is 0 Å². The molecule has 2 amide bonds. The molecule has 162 valence electrons. The number of nitrogens with zero attached hydrogens (tertiary/aromatic N) is 2. The van der Waals surface area contributed by atoms with Crippen LogP contribution in [0.15, 0.2) is 41.3 Å². The van der Waals surface area contributed by atoms with E-state index >= 15 is 0 Å². The molecule has 2 unspecified atom stereocenters. The number of likely N-dealkylation sites (tertiary alicyclic amines) is 1. The predicted octanol–water partition coefficient (Wildman–Crippen LogP) is 1.53. The second-order valence-corrected chi connectivity index (χ2v) is 8.07. The SMILES string of the molecule is Cl.O=C(NCC1CCCN(C(=O)Cn2ccc(=O)c3ccccc32)C1)C1CCCN1. The van der Waals surface area contributed by atoms with Crippen LogP contribution < -0.4 is 16.1 Å². The van der Waals surface area contributed by atoms with Gasteiger partial charge in [0.1, 0.15) is 6.54 Å². The highest BCUT2D eigenvalue weighted by molar-refractivity contribution is 5.85. The normalized spacial score (nSPS) is 21.3. The van der Waals surface area contributed by atoms with Gasteiger partial charge in [0.05, 0.1) is 11.6 Å². The van der Waals surface area contributed by atoms with Crippen LogP contribution in [0, 0.1) is 5.92 Å². The molecule has 0 bridgehead atoms. The number of para-hydroxylation sites is 1. The molecule has 2 saturated heterocycles. The van der Waals surface area contributed by atoms with Crippen molar-refractivity contribution in [1.82, 2.24) is 20.1 Å². The van der Waals surface area contributed by atoms with Crippen LogP contribution >= 0.6 is 12.4 Å². The van der Waals surface area contributed by atoms with Crippen LogP contribution in [0.25, 0.3) is 10.9 Å². The zero-order valence-corrected chi connectivity index (χ0v) is 17.8. The largest absolute Gasteiger partial charge is 0.354 e. The molecule has 4 rings (SSSR count). The van der Waals surface area contributed by atoms with Gasteiger partial charge in [-0.2, -0.15) is 0 Å². The van der Waals surface area contributed by atoms with E-state index in [9.17, 15) is 14.4 Å². The number of fused-ring (bicyclic) bond motifs is 1. The minimum atomic E-state index is -0.0648. The number of amides is 2. The molecule has 1 aromatic carbocycles. The molecule has 3 heterocycles. The van der Waals surface area contributed by atoms with Crippen molar-refractivity contribution in [2.45, 2.75) is 38.3 Å². The Morgan fingerprint density at radius 2 is 1.97 bits per heavy atom. The number of carbonyl (C=O) groups is 2. The lowest BCUT2D eigenvalue weighted by atomic mass is 9.97. The minimum absolute atomic E-state index is 0. The Morgan fingerprint density at radius 1 is 1.13 bits per heavy atom. The van der Waals surface area contributed by atoms with Crippen molar-refractivity contribution in [2.24, 2.45) is 5.92 Å². The number of piperidine rings is 1. The third kappa shape index (κ3) is 5.02. The van der Waals surface area contributed by atoms with Crippen LogP contribution in [0.3, 0.4) is 0 Å². The highest BCUT2D eigenvalue weighted by atomic mass is 35.5. The fraction of sp³-hybridized carbons (Fsp3) is 0.500. The van der Waals surface area contributed by atoms with Gasteiger partial charge in [0.2, 0.25) is 11.8 Å². The van der Waals surface area contributed by atoms with E-state index in [0.29, 0.717) is 18.5 Å². The van der Waals surface area contributed by atoms with Crippen molar-refractivity contribution >= 4 is 35.1 Å². The topological polar surface area (TPSA) is 83.4 Å². The molecule has 0 aliphatic carbocycles. The second-order valence-electron chi connectivity index (χ2n) is 8.07. The highest BCUT2D eigenvalue weighted by Crippen LogP contribution is 2.17. The monoisotopic (exact) mass is 432 g/mol. The van der Waals surface area contributed by atoms with Crippen LogP contribution in [0.5, 0.6) is 0 Å². The molecule has 0 radical (unpaired) electrons. The van der Waals surface area contributed by atoms with Gasteiger partial charge in [-0.25, -0.2) is 0 Å². The fourth-order valence-corrected chi connectivity index (χ4v) is 4.38. The lowest BCUT2D eigenvalue weighted by Crippen LogP contribution is -2.47. The molecule has 2 N–H and O–H groups in total. The summed E-state index contributed by atoms with van der Waals surface area (Å²) in [6, 6.07) is 8.82. The van der Waals surface area contributed by atoms with Gasteiger partial charge in [-0.15, -0.1) is 12.4 Å².